The lowest BCUT2D eigenvalue weighted by atomic mass is 9.89. The SMILES string of the molecule is C[C@@H]1OC(=O)[C@@H](NC(=O)OC(C)(C)C)CCC[C@H](CC(F)F)[C@H]1Oc1ccccc1. The molecule has 2 rings (SSSR count). The summed E-state index contributed by atoms with van der Waals surface area (Å²) in [5.74, 6) is -0.617. The van der Waals surface area contributed by atoms with Crippen LogP contribution in [-0.2, 0) is 14.3 Å². The van der Waals surface area contributed by atoms with Crippen molar-refractivity contribution in [3.63, 3.8) is 0 Å². The van der Waals surface area contributed by atoms with Crippen molar-refractivity contribution in [2.24, 2.45) is 5.92 Å². The summed E-state index contributed by atoms with van der Waals surface area (Å²) in [5, 5.41) is 2.54. The molecule has 0 aromatic heterocycles. The average molecular weight is 427 g/mol. The molecule has 1 saturated heterocycles. The molecule has 1 aliphatic heterocycles. The molecule has 0 unspecified atom stereocenters. The maximum atomic E-state index is 13.2. The molecule has 0 aliphatic carbocycles. The molecule has 0 radical (unpaired) electrons. The number of alkyl carbamates (subject to hydrolysis) is 1. The highest BCUT2D eigenvalue weighted by Gasteiger charge is 2.37. The number of amides is 1. The number of carbonyl (C=O) groups is 2. The van der Waals surface area contributed by atoms with Crippen LogP contribution >= 0.6 is 0 Å². The number of alkyl halides is 2. The molecular formula is C22H31F2NO5. The fraction of sp³-hybridized carbons (Fsp3) is 0.636. The van der Waals surface area contributed by atoms with Crippen LogP contribution in [0.1, 0.15) is 53.4 Å². The van der Waals surface area contributed by atoms with Crippen LogP contribution in [0.15, 0.2) is 30.3 Å². The van der Waals surface area contributed by atoms with Crippen LogP contribution in [0.5, 0.6) is 5.75 Å². The molecule has 1 N–H and O–H groups in total. The standard InChI is InChI=1S/C22H31F2NO5/c1-14-19(29-16-10-6-5-7-11-16)15(13-18(23)24)9-8-12-17(20(26)28-14)25-21(27)30-22(2,3)4/h5-7,10-11,14-15,17-19H,8-9,12-13H2,1-4H3,(H,25,27)/t14-,15+,17-,19-/m0/s1. The molecule has 1 aromatic carbocycles. The molecule has 0 saturated carbocycles. The van der Waals surface area contributed by atoms with Crippen molar-refractivity contribution in [1.82, 2.24) is 5.32 Å². The van der Waals surface area contributed by atoms with Gasteiger partial charge in [-0.1, -0.05) is 24.6 Å². The summed E-state index contributed by atoms with van der Waals surface area (Å²) < 4.78 is 43.2. The Morgan fingerprint density at radius 1 is 1.23 bits per heavy atom. The quantitative estimate of drug-likeness (QED) is 0.689. The first-order chi connectivity index (χ1) is 14.0. The summed E-state index contributed by atoms with van der Waals surface area (Å²) in [4.78, 5) is 24.8. The van der Waals surface area contributed by atoms with Crippen LogP contribution in [0.25, 0.3) is 0 Å². The molecule has 30 heavy (non-hydrogen) atoms. The third-order valence-electron chi connectivity index (χ3n) is 4.77. The Labute approximate surface area is 176 Å². The van der Waals surface area contributed by atoms with E-state index in [9.17, 15) is 18.4 Å². The molecule has 1 heterocycles. The molecule has 1 aromatic rings. The van der Waals surface area contributed by atoms with E-state index >= 15 is 0 Å². The Kier molecular flexibility index (Phi) is 8.43. The van der Waals surface area contributed by atoms with Crippen LogP contribution in [0.4, 0.5) is 13.6 Å². The van der Waals surface area contributed by atoms with E-state index in [1.807, 2.05) is 6.07 Å². The molecule has 0 spiro atoms. The number of ether oxygens (including phenoxy) is 3. The molecule has 0 bridgehead atoms. The highest BCUT2D eigenvalue weighted by atomic mass is 19.3. The van der Waals surface area contributed by atoms with Gasteiger partial charge < -0.3 is 19.5 Å². The molecular weight excluding hydrogens is 396 g/mol. The van der Waals surface area contributed by atoms with E-state index < -0.39 is 48.3 Å². The number of esters is 1. The number of nitrogens with one attached hydrogen (secondary N) is 1. The molecule has 8 heteroatoms. The number of hydrogen-bond acceptors (Lipinski definition) is 5. The summed E-state index contributed by atoms with van der Waals surface area (Å²) in [7, 11) is 0. The van der Waals surface area contributed by atoms with E-state index in [2.05, 4.69) is 5.32 Å². The number of benzene rings is 1. The van der Waals surface area contributed by atoms with Gasteiger partial charge in [0.05, 0.1) is 0 Å². The zero-order chi connectivity index (χ0) is 22.3. The number of halogens is 2. The largest absolute Gasteiger partial charge is 0.486 e. The zero-order valence-electron chi connectivity index (χ0n) is 17.9. The number of hydrogen-bond donors (Lipinski definition) is 1. The fourth-order valence-electron chi connectivity index (χ4n) is 3.49. The van der Waals surface area contributed by atoms with Crippen molar-refractivity contribution < 1.29 is 32.6 Å². The topological polar surface area (TPSA) is 73.9 Å². The van der Waals surface area contributed by atoms with Crippen LogP contribution in [0.3, 0.4) is 0 Å². The summed E-state index contributed by atoms with van der Waals surface area (Å²) in [6, 6.07) is 7.93. The van der Waals surface area contributed by atoms with Gasteiger partial charge in [0, 0.05) is 12.3 Å². The van der Waals surface area contributed by atoms with Gasteiger partial charge in [0.25, 0.3) is 0 Å². The summed E-state index contributed by atoms with van der Waals surface area (Å²) in [6.07, 6.45) is -3.96. The van der Waals surface area contributed by atoms with Gasteiger partial charge in [0.1, 0.15) is 29.6 Å². The third kappa shape index (κ3) is 7.80. The minimum atomic E-state index is -2.50. The molecule has 4 atom stereocenters. The Hall–Kier alpha value is -2.38. The average Bonchev–Trinajstić information content (AvgIpc) is 2.67. The lowest BCUT2D eigenvalue weighted by molar-refractivity contribution is -0.156. The first-order valence-electron chi connectivity index (χ1n) is 10.2. The van der Waals surface area contributed by atoms with Gasteiger partial charge in [0.2, 0.25) is 6.43 Å². The first-order valence-corrected chi connectivity index (χ1v) is 10.2. The summed E-state index contributed by atoms with van der Waals surface area (Å²) >= 11 is 0. The van der Waals surface area contributed by atoms with Gasteiger partial charge in [-0.2, -0.15) is 0 Å². The minimum absolute atomic E-state index is 0.266. The Bertz CT molecular complexity index is 693. The van der Waals surface area contributed by atoms with E-state index in [0.29, 0.717) is 18.6 Å². The Morgan fingerprint density at radius 3 is 2.50 bits per heavy atom. The maximum absolute atomic E-state index is 13.2. The van der Waals surface area contributed by atoms with Crippen molar-refractivity contribution in [2.75, 3.05) is 0 Å². The predicted octanol–water partition coefficient (Wildman–Crippen LogP) is 4.71. The lowest BCUT2D eigenvalue weighted by Gasteiger charge is -2.31. The van der Waals surface area contributed by atoms with Crippen molar-refractivity contribution in [3.05, 3.63) is 30.3 Å². The Balaban J connectivity index is 2.16. The van der Waals surface area contributed by atoms with Crippen molar-refractivity contribution in [3.8, 4) is 5.75 Å². The van der Waals surface area contributed by atoms with Crippen molar-refractivity contribution in [1.29, 1.82) is 0 Å². The van der Waals surface area contributed by atoms with Crippen LogP contribution < -0.4 is 10.1 Å². The van der Waals surface area contributed by atoms with Crippen LogP contribution in [-0.4, -0.2) is 42.3 Å². The fourth-order valence-corrected chi connectivity index (χ4v) is 3.49. The first kappa shape index (κ1) is 23.9. The number of cyclic esters (lactones) is 1. The second-order valence-corrected chi connectivity index (χ2v) is 8.55. The minimum Gasteiger partial charge on any atom is -0.486 e. The lowest BCUT2D eigenvalue weighted by Crippen LogP contribution is -2.46. The third-order valence-corrected chi connectivity index (χ3v) is 4.77. The van der Waals surface area contributed by atoms with Gasteiger partial charge in [-0.25, -0.2) is 18.4 Å². The van der Waals surface area contributed by atoms with E-state index in [1.54, 1.807) is 52.0 Å². The highest BCUT2D eigenvalue weighted by molar-refractivity contribution is 5.81. The number of rotatable bonds is 5. The van der Waals surface area contributed by atoms with Crippen LogP contribution in [0.2, 0.25) is 0 Å². The van der Waals surface area contributed by atoms with Gasteiger partial charge in [-0.15, -0.1) is 0 Å². The normalized spacial score (nSPS) is 25.5. The molecule has 1 fully saturated rings. The van der Waals surface area contributed by atoms with E-state index in [1.165, 1.54) is 0 Å². The zero-order valence-corrected chi connectivity index (χ0v) is 17.9. The summed E-state index contributed by atoms with van der Waals surface area (Å²) in [5.41, 5.74) is -0.712. The van der Waals surface area contributed by atoms with Crippen LogP contribution in [0, 0.1) is 5.92 Å². The van der Waals surface area contributed by atoms with Gasteiger partial charge in [-0.3, -0.25) is 0 Å². The van der Waals surface area contributed by atoms with E-state index in [-0.39, 0.29) is 12.8 Å². The van der Waals surface area contributed by atoms with Gasteiger partial charge in [0.15, 0.2) is 0 Å². The van der Waals surface area contributed by atoms with E-state index in [0.717, 1.165) is 0 Å². The maximum Gasteiger partial charge on any atom is 0.408 e. The second kappa shape index (κ2) is 10.6. The molecule has 168 valence electrons. The van der Waals surface area contributed by atoms with Gasteiger partial charge >= 0.3 is 12.1 Å². The second-order valence-electron chi connectivity index (χ2n) is 8.55. The molecule has 1 amide bonds. The number of carbonyl (C=O) groups excluding carboxylic acids is 2. The number of para-hydroxylation sites is 1. The van der Waals surface area contributed by atoms with Crippen molar-refractivity contribution >= 4 is 12.1 Å². The van der Waals surface area contributed by atoms with Crippen molar-refractivity contribution in [2.45, 2.75) is 83.7 Å². The van der Waals surface area contributed by atoms with Gasteiger partial charge in [-0.05, 0) is 52.7 Å². The predicted molar refractivity (Wildman–Crippen MR) is 108 cm³/mol. The van der Waals surface area contributed by atoms with E-state index in [4.69, 9.17) is 14.2 Å². The smallest absolute Gasteiger partial charge is 0.408 e. The molecule has 6 nitrogen and oxygen atoms in total. The molecule has 1 aliphatic rings. The monoisotopic (exact) mass is 427 g/mol. The summed E-state index contributed by atoms with van der Waals surface area (Å²) in [6.45, 7) is 6.78. The Morgan fingerprint density at radius 2 is 1.90 bits per heavy atom. The highest BCUT2D eigenvalue weighted by Crippen LogP contribution is 2.30.